The fourth-order valence-corrected chi connectivity index (χ4v) is 4.99. The third-order valence-corrected chi connectivity index (χ3v) is 6.22. The summed E-state index contributed by atoms with van der Waals surface area (Å²) in [4.78, 5) is 24.0. The Morgan fingerprint density at radius 2 is 2.07 bits per heavy atom. The first-order valence-corrected chi connectivity index (χ1v) is 9.53. The fourth-order valence-electron chi connectivity index (χ4n) is 4.99. The molecule has 29 heavy (non-hydrogen) atoms. The molecule has 2 fully saturated rings. The van der Waals surface area contributed by atoms with E-state index in [0.717, 1.165) is 25.2 Å². The monoisotopic (exact) mass is 399 g/mol. The summed E-state index contributed by atoms with van der Waals surface area (Å²) in [5.74, 6) is -1.68. The molecule has 2 saturated carbocycles. The highest BCUT2D eigenvalue weighted by molar-refractivity contribution is 5.92. The number of hydrogen-bond acceptors (Lipinski definition) is 5. The molecular weight excluding hydrogens is 380 g/mol. The van der Waals surface area contributed by atoms with Crippen molar-refractivity contribution in [2.24, 2.45) is 24.8 Å². The molecule has 0 spiro atoms. The molecule has 3 heterocycles. The quantitative estimate of drug-likeness (QED) is 0.700. The second-order valence-corrected chi connectivity index (χ2v) is 8.00. The van der Waals surface area contributed by atoms with Crippen LogP contribution >= 0.6 is 0 Å². The van der Waals surface area contributed by atoms with Crippen LogP contribution in [0.2, 0.25) is 0 Å². The van der Waals surface area contributed by atoms with Gasteiger partial charge in [-0.25, -0.2) is 23.7 Å². The minimum absolute atomic E-state index is 0.0360. The lowest BCUT2D eigenvalue weighted by molar-refractivity contribution is -0.143. The predicted molar refractivity (Wildman–Crippen MR) is 101 cm³/mol. The Morgan fingerprint density at radius 3 is 2.83 bits per heavy atom. The normalized spacial score (nSPS) is 25.6. The lowest BCUT2D eigenvalue weighted by Crippen LogP contribution is -2.35. The molecule has 0 radical (unpaired) electrons. The second kappa shape index (κ2) is 6.47. The number of rotatable bonds is 4. The fraction of sp³-hybridized carbons (Fsp3) is 0.400. The number of carboxylic acid groups (broad SMARTS) is 1. The molecule has 0 saturated heterocycles. The predicted octanol–water partition coefficient (Wildman–Crippen LogP) is 3.22. The first-order valence-electron chi connectivity index (χ1n) is 9.53. The van der Waals surface area contributed by atoms with Crippen molar-refractivity contribution in [3.05, 3.63) is 36.3 Å². The van der Waals surface area contributed by atoms with Gasteiger partial charge in [0.15, 0.2) is 17.5 Å². The van der Waals surface area contributed by atoms with E-state index in [1.165, 1.54) is 6.07 Å². The number of carbonyl (C=O) groups is 1. The number of aliphatic carboxylic acids is 1. The molecule has 0 aliphatic heterocycles. The summed E-state index contributed by atoms with van der Waals surface area (Å²) in [6.45, 7) is 0. The molecule has 2 N–H and O–H groups in total. The maximum atomic E-state index is 14.4. The lowest BCUT2D eigenvalue weighted by Gasteiger charge is -2.28. The molecule has 0 amide bonds. The summed E-state index contributed by atoms with van der Waals surface area (Å²) < 4.78 is 29.9. The summed E-state index contributed by atoms with van der Waals surface area (Å²) in [6, 6.07) is 1.21. The van der Waals surface area contributed by atoms with E-state index in [0.29, 0.717) is 28.9 Å². The molecule has 0 aromatic carbocycles. The Labute approximate surface area is 164 Å². The van der Waals surface area contributed by atoms with Gasteiger partial charge in [-0.15, -0.1) is 0 Å². The largest absolute Gasteiger partial charge is 0.481 e. The minimum atomic E-state index is -0.793. The average molecular weight is 399 g/mol. The SMILES string of the molecule is Cn1cc(-c2ncc(F)c(NC3CC4CC(C(=O)O)C3C4)n2)c2cc(F)cnc21. The number of aryl methyl sites for hydroxylation is 1. The molecule has 4 unspecified atom stereocenters. The Bertz CT molecular complexity index is 1130. The van der Waals surface area contributed by atoms with Crippen LogP contribution in [0.15, 0.2) is 24.7 Å². The van der Waals surface area contributed by atoms with E-state index in [9.17, 15) is 18.7 Å². The highest BCUT2D eigenvalue weighted by atomic mass is 19.1. The molecule has 5 rings (SSSR count). The van der Waals surface area contributed by atoms with Crippen molar-refractivity contribution in [2.75, 3.05) is 5.32 Å². The molecule has 4 atom stereocenters. The van der Waals surface area contributed by atoms with Crippen LogP contribution in [0.25, 0.3) is 22.4 Å². The zero-order valence-corrected chi connectivity index (χ0v) is 15.6. The Kier molecular flexibility index (Phi) is 4.01. The first-order chi connectivity index (χ1) is 13.9. The minimum Gasteiger partial charge on any atom is -0.481 e. The van der Waals surface area contributed by atoms with Crippen LogP contribution in [0.5, 0.6) is 0 Å². The second-order valence-electron chi connectivity index (χ2n) is 8.00. The van der Waals surface area contributed by atoms with Gasteiger partial charge in [-0.2, -0.15) is 0 Å². The zero-order chi connectivity index (χ0) is 20.3. The Balaban J connectivity index is 1.49. The zero-order valence-electron chi connectivity index (χ0n) is 15.6. The van der Waals surface area contributed by atoms with Crippen molar-refractivity contribution >= 4 is 22.8 Å². The number of carboxylic acids is 1. The van der Waals surface area contributed by atoms with Crippen LogP contribution in [0.4, 0.5) is 14.6 Å². The molecule has 2 aliphatic rings. The van der Waals surface area contributed by atoms with Gasteiger partial charge in [0.25, 0.3) is 0 Å². The van der Waals surface area contributed by atoms with Crippen LogP contribution in [-0.4, -0.2) is 36.6 Å². The number of aromatic nitrogens is 4. The maximum Gasteiger partial charge on any atom is 0.306 e. The van der Waals surface area contributed by atoms with Crippen LogP contribution in [0.3, 0.4) is 0 Å². The van der Waals surface area contributed by atoms with Gasteiger partial charge in [0.05, 0.1) is 18.3 Å². The van der Waals surface area contributed by atoms with Gasteiger partial charge >= 0.3 is 5.97 Å². The van der Waals surface area contributed by atoms with Crippen LogP contribution in [-0.2, 0) is 11.8 Å². The Hall–Kier alpha value is -3.10. The Morgan fingerprint density at radius 1 is 1.24 bits per heavy atom. The van der Waals surface area contributed by atoms with Crippen LogP contribution < -0.4 is 5.32 Å². The van der Waals surface area contributed by atoms with E-state index >= 15 is 0 Å². The van der Waals surface area contributed by atoms with Gasteiger partial charge in [-0.3, -0.25) is 4.79 Å². The smallest absolute Gasteiger partial charge is 0.306 e. The molecule has 3 aromatic rings. The number of halogens is 2. The van der Waals surface area contributed by atoms with Gasteiger partial charge < -0.3 is 15.0 Å². The van der Waals surface area contributed by atoms with E-state index in [1.54, 1.807) is 17.8 Å². The van der Waals surface area contributed by atoms with Crippen molar-refractivity contribution in [1.29, 1.82) is 0 Å². The van der Waals surface area contributed by atoms with E-state index in [2.05, 4.69) is 20.3 Å². The third kappa shape index (κ3) is 2.92. The molecular formula is C20H19F2N5O2. The van der Waals surface area contributed by atoms with Crippen LogP contribution in [0.1, 0.15) is 19.3 Å². The van der Waals surface area contributed by atoms with Gasteiger partial charge in [0, 0.05) is 30.2 Å². The summed E-state index contributed by atoms with van der Waals surface area (Å²) in [5.41, 5.74) is 1.12. The number of hydrogen-bond donors (Lipinski definition) is 2. The van der Waals surface area contributed by atoms with Gasteiger partial charge in [0.1, 0.15) is 11.5 Å². The summed E-state index contributed by atoms with van der Waals surface area (Å²) in [6.07, 6.45) is 6.27. The van der Waals surface area contributed by atoms with E-state index < -0.39 is 23.5 Å². The van der Waals surface area contributed by atoms with E-state index in [1.807, 2.05) is 0 Å². The molecule has 150 valence electrons. The highest BCUT2D eigenvalue weighted by Gasteiger charge is 2.49. The number of nitrogens with one attached hydrogen (secondary N) is 1. The average Bonchev–Trinajstić information content (AvgIpc) is 3.36. The maximum absolute atomic E-state index is 14.4. The van der Waals surface area contributed by atoms with Crippen molar-refractivity contribution in [3.8, 4) is 11.4 Å². The highest BCUT2D eigenvalue weighted by Crippen LogP contribution is 2.49. The summed E-state index contributed by atoms with van der Waals surface area (Å²) >= 11 is 0. The van der Waals surface area contributed by atoms with Crippen molar-refractivity contribution in [3.63, 3.8) is 0 Å². The van der Waals surface area contributed by atoms with Gasteiger partial charge in [-0.05, 0) is 37.2 Å². The molecule has 2 bridgehead atoms. The van der Waals surface area contributed by atoms with Gasteiger partial charge in [0.2, 0.25) is 0 Å². The molecule has 2 aliphatic carbocycles. The topological polar surface area (TPSA) is 92.9 Å². The number of nitrogens with zero attached hydrogens (tertiary/aromatic N) is 4. The third-order valence-electron chi connectivity index (χ3n) is 6.22. The van der Waals surface area contributed by atoms with E-state index in [-0.39, 0.29) is 23.6 Å². The van der Waals surface area contributed by atoms with Crippen molar-refractivity contribution in [1.82, 2.24) is 19.5 Å². The molecule has 3 aromatic heterocycles. The lowest BCUT2D eigenvalue weighted by atomic mass is 9.85. The number of anilines is 1. The number of fused-ring (bicyclic) bond motifs is 3. The standard InChI is InChI=1S/C20H19F2N5O2/c1-27-8-14(12-5-10(21)6-24-19(12)27)17-23-7-15(22)18(26-17)25-16-4-9-2-11(16)13(3-9)20(28)29/h5-9,11,13,16H,2-4H2,1H3,(H,28,29)(H,23,25,26). The first kappa shape index (κ1) is 18.0. The van der Waals surface area contributed by atoms with Crippen molar-refractivity contribution < 1.29 is 18.7 Å². The van der Waals surface area contributed by atoms with Crippen molar-refractivity contribution in [2.45, 2.75) is 25.3 Å². The summed E-state index contributed by atoms with van der Waals surface area (Å²) in [7, 11) is 1.78. The number of pyridine rings is 1. The van der Waals surface area contributed by atoms with Crippen LogP contribution in [0, 0.1) is 29.4 Å². The van der Waals surface area contributed by atoms with Gasteiger partial charge in [-0.1, -0.05) is 0 Å². The van der Waals surface area contributed by atoms with E-state index in [4.69, 9.17) is 0 Å². The molecule has 7 nitrogen and oxygen atoms in total. The molecule has 9 heteroatoms. The summed E-state index contributed by atoms with van der Waals surface area (Å²) in [5, 5.41) is 13.1.